The molecule has 1 amide bonds. The molecule has 33 heavy (non-hydrogen) atoms. The van der Waals surface area contributed by atoms with Gasteiger partial charge in [0.1, 0.15) is 4.90 Å². The summed E-state index contributed by atoms with van der Waals surface area (Å²) in [6, 6.07) is 13.4. The minimum Gasteiger partial charge on any atom is -0.397 e. The molecule has 1 aliphatic rings. The molecular formula is C23H17N3O6S. The number of fused-ring (bicyclic) bond motifs is 2. The number of amides is 1. The first-order chi connectivity index (χ1) is 15.6. The zero-order valence-corrected chi connectivity index (χ0v) is 17.8. The molecule has 0 spiro atoms. The maximum absolute atomic E-state index is 13.3. The number of anilines is 4. The zero-order valence-electron chi connectivity index (χ0n) is 17.0. The van der Waals surface area contributed by atoms with E-state index in [2.05, 4.69) is 17.2 Å². The normalized spacial score (nSPS) is 12.5. The third-order valence-corrected chi connectivity index (χ3v) is 5.97. The van der Waals surface area contributed by atoms with Gasteiger partial charge < -0.3 is 16.4 Å². The van der Waals surface area contributed by atoms with Gasteiger partial charge in [-0.05, 0) is 30.3 Å². The number of nitrogens with one attached hydrogen (secondary N) is 2. The van der Waals surface area contributed by atoms with Crippen LogP contribution in [0.5, 0.6) is 0 Å². The average Bonchev–Trinajstić information content (AvgIpc) is 2.77. The van der Waals surface area contributed by atoms with Gasteiger partial charge in [-0.3, -0.25) is 18.9 Å². The minimum absolute atomic E-state index is 0.0492. The second kappa shape index (κ2) is 8.01. The summed E-state index contributed by atoms with van der Waals surface area (Å²) in [4.78, 5) is 37.4. The zero-order chi connectivity index (χ0) is 23.9. The van der Waals surface area contributed by atoms with Crippen LogP contribution in [0.1, 0.15) is 31.8 Å². The van der Waals surface area contributed by atoms with Crippen molar-refractivity contribution in [1.82, 2.24) is 0 Å². The van der Waals surface area contributed by atoms with Gasteiger partial charge in [0.05, 0.1) is 22.5 Å². The largest absolute Gasteiger partial charge is 0.397 e. The van der Waals surface area contributed by atoms with E-state index in [0.717, 1.165) is 12.1 Å². The molecule has 0 bridgehead atoms. The van der Waals surface area contributed by atoms with E-state index in [1.807, 2.05) is 0 Å². The van der Waals surface area contributed by atoms with Crippen LogP contribution >= 0.6 is 0 Å². The first-order valence-electron chi connectivity index (χ1n) is 9.54. The van der Waals surface area contributed by atoms with Gasteiger partial charge in [0.2, 0.25) is 5.91 Å². The lowest BCUT2D eigenvalue weighted by molar-refractivity contribution is -0.111. The van der Waals surface area contributed by atoms with E-state index in [4.69, 9.17) is 5.73 Å². The molecule has 166 valence electrons. The topological polar surface area (TPSA) is 156 Å². The third kappa shape index (κ3) is 3.88. The Morgan fingerprint density at radius 2 is 1.55 bits per heavy atom. The van der Waals surface area contributed by atoms with Crippen molar-refractivity contribution in [3.05, 3.63) is 89.5 Å². The summed E-state index contributed by atoms with van der Waals surface area (Å²) in [6.45, 7) is 3.38. The van der Waals surface area contributed by atoms with Gasteiger partial charge in [-0.25, -0.2) is 0 Å². The van der Waals surface area contributed by atoms with Crippen molar-refractivity contribution in [2.45, 2.75) is 4.90 Å². The van der Waals surface area contributed by atoms with Crippen LogP contribution in [0.3, 0.4) is 0 Å². The summed E-state index contributed by atoms with van der Waals surface area (Å²) in [5, 5.41) is 5.48. The number of hydrogen-bond donors (Lipinski definition) is 4. The van der Waals surface area contributed by atoms with Gasteiger partial charge in [-0.15, -0.1) is 0 Å². The van der Waals surface area contributed by atoms with Crippen LogP contribution in [0.25, 0.3) is 0 Å². The molecule has 5 N–H and O–H groups in total. The van der Waals surface area contributed by atoms with Crippen molar-refractivity contribution in [3.63, 3.8) is 0 Å². The number of ketones is 2. The van der Waals surface area contributed by atoms with Gasteiger partial charge in [0.15, 0.2) is 11.6 Å². The molecule has 3 aromatic rings. The molecule has 3 aromatic carbocycles. The molecule has 1 aliphatic carbocycles. The Hall–Kier alpha value is -4.28. The van der Waals surface area contributed by atoms with Crippen molar-refractivity contribution in [1.29, 1.82) is 0 Å². The quantitative estimate of drug-likeness (QED) is 0.200. The van der Waals surface area contributed by atoms with Crippen LogP contribution in [0.2, 0.25) is 0 Å². The second-order valence-corrected chi connectivity index (χ2v) is 8.55. The molecule has 0 heterocycles. The molecule has 0 aromatic heterocycles. The smallest absolute Gasteiger partial charge is 0.296 e. The molecular weight excluding hydrogens is 446 g/mol. The van der Waals surface area contributed by atoms with Crippen molar-refractivity contribution < 1.29 is 27.4 Å². The van der Waals surface area contributed by atoms with Crippen molar-refractivity contribution in [2.75, 3.05) is 16.4 Å². The lowest BCUT2D eigenvalue weighted by atomic mass is 9.82. The number of benzene rings is 3. The highest BCUT2D eigenvalue weighted by atomic mass is 32.2. The number of carbonyl (C=O) groups is 3. The van der Waals surface area contributed by atoms with Crippen LogP contribution in [0.15, 0.2) is 72.1 Å². The van der Waals surface area contributed by atoms with E-state index in [1.165, 1.54) is 18.2 Å². The number of nitrogens with two attached hydrogens (primary N) is 1. The predicted octanol–water partition coefficient (Wildman–Crippen LogP) is 3.16. The highest BCUT2D eigenvalue weighted by molar-refractivity contribution is 7.86. The molecule has 0 aliphatic heterocycles. The average molecular weight is 463 g/mol. The Morgan fingerprint density at radius 1 is 0.939 bits per heavy atom. The first-order valence-corrected chi connectivity index (χ1v) is 11.0. The molecule has 0 saturated carbocycles. The Balaban J connectivity index is 1.92. The molecule has 10 heteroatoms. The SMILES string of the molecule is C=CC(=O)Nc1cccc(Nc2cc(S(=O)(=O)O)c(N)c3c2C(=O)c2ccccc2C3=O)c1. The predicted molar refractivity (Wildman–Crippen MR) is 123 cm³/mol. The monoisotopic (exact) mass is 463 g/mol. The van der Waals surface area contributed by atoms with Crippen molar-refractivity contribution >= 4 is 50.3 Å². The van der Waals surface area contributed by atoms with Crippen molar-refractivity contribution in [2.24, 2.45) is 0 Å². The fourth-order valence-corrected chi connectivity index (χ4v) is 4.28. The van der Waals surface area contributed by atoms with Crippen LogP contribution in [-0.4, -0.2) is 30.4 Å². The van der Waals surface area contributed by atoms with E-state index in [9.17, 15) is 27.4 Å². The van der Waals surface area contributed by atoms with E-state index >= 15 is 0 Å². The Bertz CT molecular complexity index is 1480. The summed E-state index contributed by atoms with van der Waals surface area (Å²) in [6.07, 6.45) is 1.09. The first kappa shape index (κ1) is 21.9. The van der Waals surface area contributed by atoms with Crippen molar-refractivity contribution in [3.8, 4) is 0 Å². The number of nitrogen functional groups attached to an aromatic ring is 1. The minimum atomic E-state index is -4.82. The highest BCUT2D eigenvalue weighted by Gasteiger charge is 2.36. The van der Waals surface area contributed by atoms with E-state index < -0.39 is 38.2 Å². The number of hydrogen-bond acceptors (Lipinski definition) is 7. The van der Waals surface area contributed by atoms with E-state index in [0.29, 0.717) is 11.4 Å². The van der Waals surface area contributed by atoms with Crippen LogP contribution in [-0.2, 0) is 14.9 Å². The van der Waals surface area contributed by atoms with Crippen LogP contribution in [0, 0.1) is 0 Å². The molecule has 4 rings (SSSR count). The molecule has 9 nitrogen and oxygen atoms in total. The summed E-state index contributed by atoms with van der Waals surface area (Å²) in [5.74, 6) is -1.62. The van der Waals surface area contributed by atoms with Gasteiger partial charge in [0, 0.05) is 22.5 Å². The second-order valence-electron chi connectivity index (χ2n) is 7.16. The van der Waals surface area contributed by atoms with Crippen LogP contribution in [0.4, 0.5) is 22.7 Å². The van der Waals surface area contributed by atoms with E-state index in [1.54, 1.807) is 30.3 Å². The lowest BCUT2D eigenvalue weighted by Crippen LogP contribution is -2.25. The summed E-state index contributed by atoms with van der Waals surface area (Å²) in [5.41, 5.74) is 5.95. The molecule has 0 fully saturated rings. The standard InChI is InChI=1S/C23H17N3O6S/c1-2-18(27)26-13-7-5-6-12(10-13)25-16-11-17(33(30,31)32)21(24)20-19(16)22(28)14-8-3-4-9-15(14)23(20)29/h2-11,25H,1,24H2,(H,26,27)(H,30,31,32). The van der Waals surface area contributed by atoms with Gasteiger partial charge in [-0.2, -0.15) is 8.42 Å². The molecule has 0 atom stereocenters. The summed E-state index contributed by atoms with van der Waals surface area (Å²) >= 11 is 0. The Kier molecular flexibility index (Phi) is 5.32. The third-order valence-electron chi connectivity index (χ3n) is 5.07. The Morgan fingerprint density at radius 3 is 2.15 bits per heavy atom. The highest BCUT2D eigenvalue weighted by Crippen LogP contribution is 2.40. The maximum Gasteiger partial charge on any atom is 0.296 e. The van der Waals surface area contributed by atoms with E-state index in [-0.39, 0.29) is 27.9 Å². The fraction of sp³-hybridized carbons (Fsp3) is 0. The maximum atomic E-state index is 13.3. The van der Waals surface area contributed by atoms with Gasteiger partial charge in [0.25, 0.3) is 10.1 Å². The lowest BCUT2D eigenvalue weighted by Gasteiger charge is -2.23. The fourth-order valence-electron chi connectivity index (χ4n) is 3.63. The number of rotatable bonds is 5. The van der Waals surface area contributed by atoms with Gasteiger partial charge in [-0.1, -0.05) is 36.9 Å². The molecule has 0 saturated heterocycles. The molecule has 0 unspecified atom stereocenters. The van der Waals surface area contributed by atoms with Crippen LogP contribution < -0.4 is 16.4 Å². The summed E-state index contributed by atoms with van der Waals surface area (Å²) in [7, 11) is -4.82. The number of carbonyl (C=O) groups excluding carboxylic acids is 3. The molecule has 0 radical (unpaired) electrons. The Labute approximate surface area is 188 Å². The van der Waals surface area contributed by atoms with Gasteiger partial charge >= 0.3 is 0 Å². The summed E-state index contributed by atoms with van der Waals surface area (Å²) < 4.78 is 33.7.